The zero-order valence-corrected chi connectivity index (χ0v) is 11.1. The molecule has 2 fully saturated rings. The minimum Gasteiger partial charge on any atom is -0.388 e. The number of amides is 1. The quantitative estimate of drug-likeness (QED) is 0.860. The molecule has 5 heteroatoms. The number of carbonyl (C=O) groups excluding carboxylic acids is 1. The van der Waals surface area contributed by atoms with Crippen molar-refractivity contribution in [3.8, 4) is 0 Å². The molecule has 0 bridgehead atoms. The van der Waals surface area contributed by atoms with Gasteiger partial charge in [0, 0.05) is 25.5 Å². The summed E-state index contributed by atoms with van der Waals surface area (Å²) in [6, 6.07) is 3.74. The van der Waals surface area contributed by atoms with Crippen molar-refractivity contribution < 1.29 is 9.53 Å². The Morgan fingerprint density at radius 3 is 3.00 bits per heavy atom. The van der Waals surface area contributed by atoms with Gasteiger partial charge in [0.15, 0.2) is 0 Å². The number of nitrogens with zero attached hydrogens (tertiary/aromatic N) is 1. The van der Waals surface area contributed by atoms with Crippen molar-refractivity contribution in [3.05, 3.63) is 24.0 Å². The van der Waals surface area contributed by atoms with E-state index in [0.29, 0.717) is 11.6 Å². The number of hydrogen-bond donors (Lipinski definition) is 2. The Morgan fingerprint density at radius 1 is 1.42 bits per heavy atom. The van der Waals surface area contributed by atoms with Crippen LogP contribution in [0.2, 0.25) is 0 Å². The molecule has 1 aliphatic carbocycles. The average molecular weight is 261 g/mol. The molecule has 1 amide bonds. The highest BCUT2D eigenvalue weighted by Gasteiger charge is 2.41. The summed E-state index contributed by atoms with van der Waals surface area (Å²) in [5, 5.41) is 6.07. The maximum Gasteiger partial charge on any atom is 0.270 e. The molecule has 2 aliphatic rings. The summed E-state index contributed by atoms with van der Waals surface area (Å²) in [6.07, 6.45) is 5.20. The van der Waals surface area contributed by atoms with Gasteiger partial charge in [-0.2, -0.15) is 0 Å². The smallest absolute Gasteiger partial charge is 0.270 e. The van der Waals surface area contributed by atoms with Gasteiger partial charge < -0.3 is 15.4 Å². The molecule has 2 unspecified atom stereocenters. The lowest BCUT2D eigenvalue weighted by Gasteiger charge is -2.19. The largest absolute Gasteiger partial charge is 0.388 e. The van der Waals surface area contributed by atoms with Gasteiger partial charge in [-0.3, -0.25) is 9.78 Å². The van der Waals surface area contributed by atoms with Gasteiger partial charge in [0.05, 0.1) is 12.1 Å². The van der Waals surface area contributed by atoms with Crippen LogP contribution in [0.15, 0.2) is 18.3 Å². The van der Waals surface area contributed by atoms with Crippen LogP contribution >= 0.6 is 0 Å². The third kappa shape index (κ3) is 2.71. The van der Waals surface area contributed by atoms with Gasteiger partial charge >= 0.3 is 0 Å². The van der Waals surface area contributed by atoms with E-state index in [1.807, 2.05) is 13.1 Å². The molecule has 5 nitrogen and oxygen atoms in total. The molecule has 0 spiro atoms. The molecule has 1 saturated carbocycles. The molecular formula is C14H19N3O2. The highest BCUT2D eigenvalue weighted by molar-refractivity contribution is 5.93. The lowest BCUT2D eigenvalue weighted by atomic mass is 10.1. The molecule has 1 saturated heterocycles. The van der Waals surface area contributed by atoms with Crippen molar-refractivity contribution in [2.45, 2.75) is 31.4 Å². The zero-order valence-electron chi connectivity index (χ0n) is 11.1. The Labute approximate surface area is 112 Å². The van der Waals surface area contributed by atoms with Crippen LogP contribution in [0.1, 0.15) is 29.8 Å². The topological polar surface area (TPSA) is 63.2 Å². The van der Waals surface area contributed by atoms with Crippen molar-refractivity contribution in [3.63, 3.8) is 0 Å². The average Bonchev–Trinajstić information content (AvgIpc) is 3.19. The lowest BCUT2D eigenvalue weighted by molar-refractivity contribution is 0.0727. The van der Waals surface area contributed by atoms with Crippen LogP contribution in [0, 0.1) is 5.92 Å². The Morgan fingerprint density at radius 2 is 2.26 bits per heavy atom. The predicted octanol–water partition coefficient (Wildman–Crippen LogP) is 1.42. The number of hydrogen-bond acceptors (Lipinski definition) is 4. The minimum atomic E-state index is -0.113. The first-order valence-electron chi connectivity index (χ1n) is 6.84. The number of anilines is 1. The summed E-state index contributed by atoms with van der Waals surface area (Å²) in [7, 11) is 1.82. The highest BCUT2D eigenvalue weighted by Crippen LogP contribution is 2.38. The molecule has 0 radical (unpaired) electrons. The van der Waals surface area contributed by atoms with Crippen molar-refractivity contribution in [1.29, 1.82) is 0 Å². The van der Waals surface area contributed by atoms with Gasteiger partial charge in [0.1, 0.15) is 5.69 Å². The van der Waals surface area contributed by atoms with E-state index in [4.69, 9.17) is 4.74 Å². The second-order valence-electron chi connectivity index (χ2n) is 5.22. The summed E-state index contributed by atoms with van der Waals surface area (Å²) in [4.78, 5) is 16.3. The highest BCUT2D eigenvalue weighted by atomic mass is 16.5. The first kappa shape index (κ1) is 12.4. The first-order valence-corrected chi connectivity index (χ1v) is 6.84. The van der Waals surface area contributed by atoms with E-state index in [1.54, 1.807) is 12.3 Å². The number of nitrogens with one attached hydrogen (secondary N) is 2. The summed E-state index contributed by atoms with van der Waals surface area (Å²) >= 11 is 0. The molecule has 3 rings (SSSR count). The number of aromatic nitrogens is 1. The lowest BCUT2D eigenvalue weighted by Crippen LogP contribution is -2.41. The number of carbonyl (C=O) groups is 1. The van der Waals surface area contributed by atoms with Crippen LogP contribution in [0.4, 0.5) is 5.69 Å². The molecule has 19 heavy (non-hydrogen) atoms. The fourth-order valence-electron chi connectivity index (χ4n) is 2.61. The monoisotopic (exact) mass is 261 g/mol. The van der Waals surface area contributed by atoms with E-state index in [9.17, 15) is 4.79 Å². The minimum absolute atomic E-state index is 0.113. The van der Waals surface area contributed by atoms with Gasteiger partial charge in [0.25, 0.3) is 5.91 Å². The summed E-state index contributed by atoms with van der Waals surface area (Å²) in [6.45, 7) is 0.746. The molecule has 2 atom stereocenters. The van der Waals surface area contributed by atoms with E-state index in [1.165, 1.54) is 12.8 Å². The Bertz CT molecular complexity index is 474. The standard InChI is InChI=1S/C14H19N3O2/c1-15-10-4-6-16-12(8-10)14(18)17-11-5-7-19-13(11)9-2-3-9/h4,6,8-9,11,13H,2-3,5,7H2,1H3,(H,15,16)(H,17,18). The van der Waals surface area contributed by atoms with Crippen molar-refractivity contribution in [2.24, 2.45) is 5.92 Å². The van der Waals surface area contributed by atoms with Crippen LogP contribution in [0.25, 0.3) is 0 Å². The van der Waals surface area contributed by atoms with Crippen molar-refractivity contribution >= 4 is 11.6 Å². The second kappa shape index (κ2) is 5.17. The van der Waals surface area contributed by atoms with Gasteiger partial charge in [-0.1, -0.05) is 0 Å². The molecule has 1 aromatic heterocycles. The van der Waals surface area contributed by atoms with Crippen molar-refractivity contribution in [1.82, 2.24) is 10.3 Å². The molecule has 1 aromatic rings. The van der Waals surface area contributed by atoms with Crippen LogP contribution in [-0.2, 0) is 4.74 Å². The first-order chi connectivity index (χ1) is 9.28. The molecule has 1 aliphatic heterocycles. The molecule has 102 valence electrons. The number of ether oxygens (including phenoxy) is 1. The van der Waals surface area contributed by atoms with E-state index in [2.05, 4.69) is 15.6 Å². The molecular weight excluding hydrogens is 242 g/mol. The van der Waals surface area contributed by atoms with Crippen molar-refractivity contribution in [2.75, 3.05) is 19.0 Å². The van der Waals surface area contributed by atoms with E-state index in [0.717, 1.165) is 18.7 Å². The Balaban J connectivity index is 1.66. The Kier molecular flexibility index (Phi) is 3.38. The third-order valence-corrected chi connectivity index (χ3v) is 3.82. The summed E-state index contributed by atoms with van der Waals surface area (Å²) in [5.41, 5.74) is 1.34. The summed E-state index contributed by atoms with van der Waals surface area (Å²) in [5.74, 6) is 0.530. The van der Waals surface area contributed by atoms with E-state index >= 15 is 0 Å². The van der Waals surface area contributed by atoms with E-state index in [-0.39, 0.29) is 18.1 Å². The van der Waals surface area contributed by atoms with Gasteiger partial charge in [0.2, 0.25) is 0 Å². The normalized spacial score (nSPS) is 26.2. The maximum atomic E-state index is 12.2. The van der Waals surface area contributed by atoms with Crippen LogP contribution in [0.5, 0.6) is 0 Å². The van der Waals surface area contributed by atoms with Crippen LogP contribution in [0.3, 0.4) is 0 Å². The molecule has 2 N–H and O–H groups in total. The van der Waals surface area contributed by atoms with Gasteiger partial charge in [-0.05, 0) is 37.3 Å². The predicted molar refractivity (Wildman–Crippen MR) is 72.1 cm³/mol. The maximum absolute atomic E-state index is 12.2. The fraction of sp³-hybridized carbons (Fsp3) is 0.571. The number of pyridine rings is 1. The van der Waals surface area contributed by atoms with Crippen LogP contribution in [-0.4, -0.2) is 36.7 Å². The zero-order chi connectivity index (χ0) is 13.2. The van der Waals surface area contributed by atoms with Gasteiger partial charge in [-0.15, -0.1) is 0 Å². The fourth-order valence-corrected chi connectivity index (χ4v) is 2.61. The third-order valence-electron chi connectivity index (χ3n) is 3.82. The molecule has 2 heterocycles. The molecule has 0 aromatic carbocycles. The second-order valence-corrected chi connectivity index (χ2v) is 5.22. The Hall–Kier alpha value is -1.62. The SMILES string of the molecule is CNc1ccnc(C(=O)NC2CCOC2C2CC2)c1. The number of rotatable bonds is 4. The van der Waals surface area contributed by atoms with Crippen LogP contribution < -0.4 is 10.6 Å². The van der Waals surface area contributed by atoms with Gasteiger partial charge in [-0.25, -0.2) is 0 Å². The summed E-state index contributed by atoms with van der Waals surface area (Å²) < 4.78 is 5.72. The van der Waals surface area contributed by atoms with E-state index < -0.39 is 0 Å².